The highest BCUT2D eigenvalue weighted by molar-refractivity contribution is 8.13. The number of ether oxygens (including phenoxy) is 1. The Morgan fingerprint density at radius 1 is 1.80 bits per heavy atom. The van der Waals surface area contributed by atoms with Crippen molar-refractivity contribution in [3.63, 3.8) is 0 Å². The lowest BCUT2D eigenvalue weighted by molar-refractivity contribution is 0.189. The molecule has 0 atom stereocenters. The molecule has 0 fully saturated rings. The van der Waals surface area contributed by atoms with Crippen LogP contribution in [0.1, 0.15) is 6.92 Å². The van der Waals surface area contributed by atoms with Gasteiger partial charge in [0.15, 0.2) is 0 Å². The summed E-state index contributed by atoms with van der Waals surface area (Å²) in [6.07, 6.45) is 3.51. The van der Waals surface area contributed by atoms with Gasteiger partial charge >= 0.3 is 0 Å². The number of thioether (sulfide) groups is 1. The van der Waals surface area contributed by atoms with Crippen molar-refractivity contribution in [3.8, 4) is 0 Å². The predicted octanol–water partition coefficient (Wildman–Crippen LogP) is 1.93. The van der Waals surface area contributed by atoms with Crippen molar-refractivity contribution in [2.75, 3.05) is 19.5 Å². The van der Waals surface area contributed by atoms with Crippen LogP contribution < -0.4 is 0 Å². The van der Waals surface area contributed by atoms with Crippen LogP contribution in [0, 0.1) is 0 Å². The molecule has 0 amide bonds. The molecule has 0 aromatic heterocycles. The van der Waals surface area contributed by atoms with Crippen LogP contribution in [0.2, 0.25) is 0 Å². The van der Waals surface area contributed by atoms with E-state index < -0.39 is 0 Å². The van der Waals surface area contributed by atoms with E-state index in [2.05, 4.69) is 11.6 Å². The second kappa shape index (κ2) is 6.83. The standard InChI is InChI=1S/C7H13NOS/c1-4-8-7(10-3)6-9-5-2/h4H,1,5-6H2,2-3H3. The van der Waals surface area contributed by atoms with Crippen LogP contribution in [-0.2, 0) is 4.74 Å². The second-order valence-electron chi connectivity index (χ2n) is 1.55. The molecule has 0 N–H and O–H groups in total. The summed E-state index contributed by atoms with van der Waals surface area (Å²) in [6, 6.07) is 0. The summed E-state index contributed by atoms with van der Waals surface area (Å²) in [5.74, 6) is 0. The van der Waals surface area contributed by atoms with E-state index in [1.165, 1.54) is 6.20 Å². The van der Waals surface area contributed by atoms with Gasteiger partial charge in [0.1, 0.15) is 0 Å². The molecule has 0 aliphatic heterocycles. The van der Waals surface area contributed by atoms with Gasteiger partial charge in [-0.25, -0.2) is 0 Å². The lowest BCUT2D eigenvalue weighted by Crippen LogP contribution is -2.03. The topological polar surface area (TPSA) is 21.6 Å². The van der Waals surface area contributed by atoms with Crippen molar-refractivity contribution < 1.29 is 4.74 Å². The Bertz CT molecular complexity index is 123. The SMILES string of the molecule is C=CN=C(COCC)SC. The van der Waals surface area contributed by atoms with E-state index in [9.17, 15) is 0 Å². The summed E-state index contributed by atoms with van der Waals surface area (Å²) in [4.78, 5) is 4.00. The normalized spacial score (nSPS) is 11.6. The molecule has 0 radical (unpaired) electrons. The van der Waals surface area contributed by atoms with Crippen LogP contribution in [0.3, 0.4) is 0 Å². The number of rotatable bonds is 4. The second-order valence-corrected chi connectivity index (χ2v) is 2.43. The molecule has 0 aliphatic carbocycles. The smallest absolute Gasteiger partial charge is 0.0986 e. The Morgan fingerprint density at radius 3 is 2.90 bits per heavy atom. The monoisotopic (exact) mass is 159 g/mol. The molecule has 0 unspecified atom stereocenters. The molecule has 0 aromatic carbocycles. The summed E-state index contributed by atoms with van der Waals surface area (Å²) in [7, 11) is 0. The molecule has 0 heterocycles. The van der Waals surface area contributed by atoms with Crippen molar-refractivity contribution in [2.24, 2.45) is 4.99 Å². The van der Waals surface area contributed by atoms with Gasteiger partial charge in [0.25, 0.3) is 0 Å². The van der Waals surface area contributed by atoms with E-state index >= 15 is 0 Å². The van der Waals surface area contributed by atoms with Crippen molar-refractivity contribution in [3.05, 3.63) is 12.8 Å². The van der Waals surface area contributed by atoms with Crippen LogP contribution in [0.25, 0.3) is 0 Å². The number of nitrogens with zero attached hydrogens (tertiary/aromatic N) is 1. The average molecular weight is 159 g/mol. The highest BCUT2D eigenvalue weighted by atomic mass is 32.2. The van der Waals surface area contributed by atoms with Gasteiger partial charge < -0.3 is 4.74 Å². The molecule has 2 nitrogen and oxygen atoms in total. The Hall–Kier alpha value is -0.280. The zero-order valence-corrected chi connectivity index (χ0v) is 7.28. The third kappa shape index (κ3) is 4.58. The first-order valence-electron chi connectivity index (χ1n) is 3.14. The Balaban J connectivity index is 3.59. The van der Waals surface area contributed by atoms with E-state index in [0.29, 0.717) is 6.61 Å². The van der Waals surface area contributed by atoms with Gasteiger partial charge in [-0.2, -0.15) is 0 Å². The Labute approximate surface area is 66.4 Å². The fraction of sp³-hybridized carbons (Fsp3) is 0.571. The molecular weight excluding hydrogens is 146 g/mol. The quantitative estimate of drug-likeness (QED) is 0.462. The molecule has 0 rings (SSSR count). The first-order valence-corrected chi connectivity index (χ1v) is 4.37. The van der Waals surface area contributed by atoms with Crippen molar-refractivity contribution >= 4 is 16.8 Å². The molecular formula is C7H13NOS. The van der Waals surface area contributed by atoms with Gasteiger partial charge in [-0.05, 0) is 13.2 Å². The summed E-state index contributed by atoms with van der Waals surface area (Å²) in [5, 5.41) is 0.969. The molecule has 0 aromatic rings. The molecule has 3 heteroatoms. The number of hydrogen-bond acceptors (Lipinski definition) is 3. The number of aliphatic imine (C=N–C) groups is 1. The minimum atomic E-state index is 0.601. The molecule has 0 aliphatic rings. The van der Waals surface area contributed by atoms with Crippen molar-refractivity contribution in [2.45, 2.75) is 6.92 Å². The van der Waals surface area contributed by atoms with Crippen LogP contribution in [0.5, 0.6) is 0 Å². The highest BCUT2D eigenvalue weighted by Crippen LogP contribution is 1.98. The molecule has 0 saturated carbocycles. The molecule has 0 spiro atoms. The average Bonchev–Trinajstić information content (AvgIpc) is 1.98. The van der Waals surface area contributed by atoms with Gasteiger partial charge in [0.05, 0.1) is 11.7 Å². The van der Waals surface area contributed by atoms with Crippen LogP contribution in [0.4, 0.5) is 0 Å². The maximum atomic E-state index is 5.14. The predicted molar refractivity (Wildman–Crippen MR) is 47.6 cm³/mol. The van der Waals surface area contributed by atoms with Crippen molar-refractivity contribution in [1.82, 2.24) is 0 Å². The van der Waals surface area contributed by atoms with Gasteiger partial charge in [-0.15, -0.1) is 11.8 Å². The van der Waals surface area contributed by atoms with Gasteiger partial charge in [-0.3, -0.25) is 4.99 Å². The summed E-state index contributed by atoms with van der Waals surface area (Å²) in [6.45, 7) is 6.80. The molecule has 10 heavy (non-hydrogen) atoms. The summed E-state index contributed by atoms with van der Waals surface area (Å²) in [5.41, 5.74) is 0. The first kappa shape index (κ1) is 9.72. The zero-order valence-electron chi connectivity index (χ0n) is 6.46. The lowest BCUT2D eigenvalue weighted by Gasteiger charge is -2.00. The van der Waals surface area contributed by atoms with Gasteiger partial charge in [-0.1, -0.05) is 6.58 Å². The summed E-state index contributed by atoms with van der Waals surface area (Å²) >= 11 is 1.59. The van der Waals surface area contributed by atoms with Crippen molar-refractivity contribution in [1.29, 1.82) is 0 Å². The van der Waals surface area contributed by atoms with Gasteiger partial charge in [0.2, 0.25) is 0 Å². The minimum Gasteiger partial charge on any atom is -0.375 e. The Morgan fingerprint density at radius 2 is 2.50 bits per heavy atom. The van der Waals surface area contributed by atoms with E-state index in [-0.39, 0.29) is 0 Å². The molecule has 0 saturated heterocycles. The van der Waals surface area contributed by atoms with E-state index in [4.69, 9.17) is 4.74 Å². The maximum absolute atomic E-state index is 5.14. The third-order valence-electron chi connectivity index (χ3n) is 0.901. The third-order valence-corrected chi connectivity index (χ3v) is 1.60. The fourth-order valence-corrected chi connectivity index (χ4v) is 0.821. The zero-order chi connectivity index (χ0) is 7.82. The first-order chi connectivity index (χ1) is 4.85. The van der Waals surface area contributed by atoms with Gasteiger partial charge in [0, 0.05) is 12.8 Å². The summed E-state index contributed by atoms with van der Waals surface area (Å²) < 4.78 is 5.14. The van der Waals surface area contributed by atoms with Crippen LogP contribution in [-0.4, -0.2) is 24.5 Å². The maximum Gasteiger partial charge on any atom is 0.0986 e. The largest absolute Gasteiger partial charge is 0.375 e. The van der Waals surface area contributed by atoms with E-state index in [1.807, 2.05) is 13.2 Å². The Kier molecular flexibility index (Phi) is 6.64. The van der Waals surface area contributed by atoms with Crippen LogP contribution in [0.15, 0.2) is 17.8 Å². The highest BCUT2D eigenvalue weighted by Gasteiger charge is 1.93. The molecule has 58 valence electrons. The minimum absolute atomic E-state index is 0.601. The lowest BCUT2D eigenvalue weighted by atomic mass is 10.7. The molecule has 0 bridgehead atoms. The fourth-order valence-electron chi connectivity index (χ4n) is 0.440. The number of hydrogen-bond donors (Lipinski definition) is 0. The van der Waals surface area contributed by atoms with E-state index in [0.717, 1.165) is 11.7 Å². The van der Waals surface area contributed by atoms with Crippen LogP contribution >= 0.6 is 11.8 Å². The van der Waals surface area contributed by atoms with E-state index in [1.54, 1.807) is 11.8 Å².